The van der Waals surface area contributed by atoms with Gasteiger partial charge in [0.25, 0.3) is 17.4 Å². The average molecular weight is 629 g/mol. The molecule has 2 heterocycles. The third kappa shape index (κ3) is 6.38. The van der Waals surface area contributed by atoms with Gasteiger partial charge in [-0.05, 0) is 67.6 Å². The maximum Gasteiger partial charge on any atom is 0.417 e. The first kappa shape index (κ1) is 30.1. The standard InChI is InChI=1S/C30H28BrF3N4O3/c1-17(2)6-5-7-26-36-25-16-37(28(40)20-10-13-24(31)23(15-20)30(32,33)34)18(3)14-22(25)29(41)38(26)21-11-8-19(9-12-21)27(39)35-4/h8-13,15,17-18H,6,14,16H2,1-4H3,(H,35,39)/t18-/m1/s1. The second kappa shape index (κ2) is 11.9. The van der Waals surface area contributed by atoms with Gasteiger partial charge in [-0.15, -0.1) is 0 Å². The van der Waals surface area contributed by atoms with Gasteiger partial charge in [-0.1, -0.05) is 35.7 Å². The van der Waals surface area contributed by atoms with E-state index >= 15 is 0 Å². The Balaban J connectivity index is 1.78. The van der Waals surface area contributed by atoms with Crippen LogP contribution in [0.4, 0.5) is 13.2 Å². The van der Waals surface area contributed by atoms with Crippen LogP contribution in [0.1, 0.15) is 70.6 Å². The Morgan fingerprint density at radius 3 is 2.41 bits per heavy atom. The van der Waals surface area contributed by atoms with Gasteiger partial charge < -0.3 is 10.2 Å². The van der Waals surface area contributed by atoms with Crippen molar-refractivity contribution in [2.75, 3.05) is 7.05 Å². The number of aromatic nitrogens is 2. The summed E-state index contributed by atoms with van der Waals surface area (Å²) >= 11 is 2.91. The van der Waals surface area contributed by atoms with Crippen molar-refractivity contribution in [3.8, 4) is 17.5 Å². The highest BCUT2D eigenvalue weighted by Gasteiger charge is 2.36. The molecule has 41 heavy (non-hydrogen) atoms. The third-order valence-corrected chi connectivity index (χ3v) is 7.41. The molecule has 1 N–H and O–H groups in total. The summed E-state index contributed by atoms with van der Waals surface area (Å²) in [5, 5.41) is 2.55. The van der Waals surface area contributed by atoms with Crippen LogP contribution in [0.15, 0.2) is 51.7 Å². The number of hydrogen-bond donors (Lipinski definition) is 1. The molecule has 4 rings (SSSR count). The number of hydrogen-bond acceptors (Lipinski definition) is 4. The van der Waals surface area contributed by atoms with Crippen LogP contribution in [-0.2, 0) is 19.1 Å². The topological polar surface area (TPSA) is 84.3 Å². The maximum atomic E-state index is 13.8. The van der Waals surface area contributed by atoms with Gasteiger partial charge in [-0.25, -0.2) is 4.98 Å². The molecule has 11 heteroatoms. The quantitative estimate of drug-likeness (QED) is 0.395. The van der Waals surface area contributed by atoms with Gasteiger partial charge in [0.2, 0.25) is 0 Å². The summed E-state index contributed by atoms with van der Waals surface area (Å²) in [5.74, 6) is 5.64. The zero-order chi connectivity index (χ0) is 30.1. The fourth-order valence-electron chi connectivity index (χ4n) is 4.54. The summed E-state index contributed by atoms with van der Waals surface area (Å²) in [6.07, 6.45) is -3.91. The number of alkyl halides is 3. The lowest BCUT2D eigenvalue weighted by atomic mass is 9.98. The zero-order valence-corrected chi connectivity index (χ0v) is 24.5. The van der Waals surface area contributed by atoms with E-state index in [1.54, 1.807) is 31.2 Å². The molecule has 214 valence electrons. The van der Waals surface area contributed by atoms with Crippen LogP contribution in [0.3, 0.4) is 0 Å². The van der Waals surface area contributed by atoms with Crippen molar-refractivity contribution >= 4 is 27.7 Å². The molecule has 2 aromatic carbocycles. The van der Waals surface area contributed by atoms with Gasteiger partial charge >= 0.3 is 6.18 Å². The van der Waals surface area contributed by atoms with Gasteiger partial charge in [0.1, 0.15) is 0 Å². The highest BCUT2D eigenvalue weighted by molar-refractivity contribution is 9.10. The molecule has 0 saturated carbocycles. The highest BCUT2D eigenvalue weighted by Crippen LogP contribution is 2.36. The summed E-state index contributed by atoms with van der Waals surface area (Å²) in [7, 11) is 1.53. The summed E-state index contributed by atoms with van der Waals surface area (Å²) < 4.78 is 41.7. The molecule has 1 aliphatic heterocycles. The lowest BCUT2D eigenvalue weighted by Gasteiger charge is -2.34. The predicted octanol–water partition coefficient (Wildman–Crippen LogP) is 5.36. The molecule has 0 unspecified atom stereocenters. The van der Waals surface area contributed by atoms with E-state index < -0.39 is 23.7 Å². The molecule has 0 bridgehead atoms. The summed E-state index contributed by atoms with van der Waals surface area (Å²) in [6, 6.07) is 9.36. The second-order valence-electron chi connectivity index (χ2n) is 10.2. The van der Waals surface area contributed by atoms with Crippen molar-refractivity contribution in [2.45, 2.75) is 52.4 Å². The molecule has 2 amide bonds. The fourth-order valence-corrected chi connectivity index (χ4v) is 5.01. The zero-order valence-electron chi connectivity index (χ0n) is 22.9. The molecule has 1 aliphatic rings. The van der Waals surface area contributed by atoms with Crippen molar-refractivity contribution < 1.29 is 22.8 Å². The Morgan fingerprint density at radius 2 is 1.80 bits per heavy atom. The SMILES string of the molecule is CNC(=O)c1ccc(-n2c(C#CCC(C)C)nc3c(c2=O)C[C@@H](C)N(C(=O)c2ccc(Br)c(C(F)(F)F)c2)C3)cc1. The van der Waals surface area contributed by atoms with E-state index in [0.29, 0.717) is 28.9 Å². The summed E-state index contributed by atoms with van der Waals surface area (Å²) in [5.41, 5.74) is 0.245. The van der Waals surface area contributed by atoms with Crippen LogP contribution >= 0.6 is 15.9 Å². The van der Waals surface area contributed by atoms with E-state index in [4.69, 9.17) is 0 Å². The minimum atomic E-state index is -4.63. The molecular weight excluding hydrogens is 601 g/mol. The minimum absolute atomic E-state index is 0.0582. The summed E-state index contributed by atoms with van der Waals surface area (Å²) in [6.45, 7) is 5.70. The monoisotopic (exact) mass is 628 g/mol. The number of benzene rings is 2. The first-order chi connectivity index (χ1) is 19.3. The fraction of sp³-hybridized carbons (Fsp3) is 0.333. The Kier molecular flexibility index (Phi) is 8.73. The highest BCUT2D eigenvalue weighted by atomic mass is 79.9. The van der Waals surface area contributed by atoms with E-state index in [-0.39, 0.29) is 46.2 Å². The van der Waals surface area contributed by atoms with Crippen LogP contribution in [0.2, 0.25) is 0 Å². The van der Waals surface area contributed by atoms with E-state index in [0.717, 1.165) is 6.07 Å². The van der Waals surface area contributed by atoms with Gasteiger partial charge in [-0.2, -0.15) is 13.2 Å². The first-order valence-electron chi connectivity index (χ1n) is 13.0. The molecule has 0 saturated heterocycles. The molecular formula is C30H28BrF3N4O3. The molecule has 1 aromatic heterocycles. The molecule has 7 nitrogen and oxygen atoms in total. The Morgan fingerprint density at radius 1 is 1.15 bits per heavy atom. The Hall–Kier alpha value is -3.91. The number of carbonyl (C=O) groups excluding carboxylic acids is 2. The lowest BCUT2D eigenvalue weighted by Crippen LogP contribution is -2.46. The number of carbonyl (C=O) groups is 2. The number of nitrogens with one attached hydrogen (secondary N) is 1. The van der Waals surface area contributed by atoms with E-state index in [1.165, 1.54) is 28.6 Å². The van der Waals surface area contributed by atoms with Gasteiger partial charge in [0, 0.05) is 40.7 Å². The first-order valence-corrected chi connectivity index (χ1v) is 13.7. The van der Waals surface area contributed by atoms with Gasteiger partial charge in [0.15, 0.2) is 5.82 Å². The number of fused-ring (bicyclic) bond motifs is 1. The van der Waals surface area contributed by atoms with Crippen molar-refractivity contribution in [3.63, 3.8) is 0 Å². The maximum absolute atomic E-state index is 13.8. The number of rotatable bonds is 4. The van der Waals surface area contributed by atoms with E-state index in [9.17, 15) is 27.6 Å². The molecule has 0 fully saturated rings. The Bertz CT molecular complexity index is 1620. The van der Waals surface area contributed by atoms with Crippen molar-refractivity contribution in [1.29, 1.82) is 0 Å². The van der Waals surface area contributed by atoms with Crippen molar-refractivity contribution in [3.05, 3.63) is 91.1 Å². The summed E-state index contributed by atoms with van der Waals surface area (Å²) in [4.78, 5) is 45.3. The van der Waals surface area contributed by atoms with Crippen LogP contribution in [-0.4, -0.2) is 39.4 Å². The smallest absolute Gasteiger partial charge is 0.355 e. The van der Waals surface area contributed by atoms with Crippen LogP contribution < -0.4 is 10.9 Å². The van der Waals surface area contributed by atoms with Gasteiger partial charge in [0.05, 0.1) is 23.5 Å². The van der Waals surface area contributed by atoms with E-state index in [2.05, 4.69) is 38.1 Å². The molecule has 0 spiro atoms. The third-order valence-electron chi connectivity index (χ3n) is 6.72. The average Bonchev–Trinajstić information content (AvgIpc) is 2.92. The minimum Gasteiger partial charge on any atom is -0.355 e. The van der Waals surface area contributed by atoms with Crippen LogP contribution in [0.5, 0.6) is 0 Å². The molecule has 3 aromatic rings. The Labute approximate surface area is 243 Å². The van der Waals surface area contributed by atoms with Gasteiger partial charge in [-0.3, -0.25) is 19.0 Å². The number of halogens is 4. The van der Waals surface area contributed by atoms with E-state index in [1.807, 2.05) is 13.8 Å². The molecule has 1 atom stereocenters. The largest absolute Gasteiger partial charge is 0.417 e. The second-order valence-corrected chi connectivity index (χ2v) is 11.1. The molecule has 0 radical (unpaired) electrons. The predicted molar refractivity (Wildman–Crippen MR) is 152 cm³/mol. The van der Waals surface area contributed by atoms with Crippen LogP contribution in [0.25, 0.3) is 5.69 Å². The number of nitrogens with zero attached hydrogens (tertiary/aromatic N) is 3. The lowest BCUT2D eigenvalue weighted by molar-refractivity contribution is -0.138. The number of amides is 2. The normalized spacial score (nSPS) is 14.8. The van der Waals surface area contributed by atoms with Crippen molar-refractivity contribution in [1.82, 2.24) is 19.8 Å². The van der Waals surface area contributed by atoms with Crippen molar-refractivity contribution in [2.24, 2.45) is 5.92 Å². The van der Waals surface area contributed by atoms with Crippen LogP contribution in [0, 0.1) is 17.8 Å². The molecule has 0 aliphatic carbocycles.